The van der Waals surface area contributed by atoms with Crippen molar-refractivity contribution in [1.29, 1.82) is 0 Å². The van der Waals surface area contributed by atoms with Crippen molar-refractivity contribution < 1.29 is 4.39 Å². The van der Waals surface area contributed by atoms with Gasteiger partial charge in [-0.05, 0) is 50.6 Å². The lowest BCUT2D eigenvalue weighted by molar-refractivity contribution is 0.494. The molecule has 3 nitrogen and oxygen atoms in total. The summed E-state index contributed by atoms with van der Waals surface area (Å²) in [5, 5.41) is 8.09. The fraction of sp³-hybridized carbons (Fsp3) is 0.471. The van der Waals surface area contributed by atoms with Crippen LogP contribution in [0.3, 0.4) is 0 Å². The van der Waals surface area contributed by atoms with Crippen LogP contribution in [0.5, 0.6) is 0 Å². The second-order valence-corrected chi connectivity index (χ2v) is 5.67. The second kappa shape index (κ2) is 7.36. The minimum Gasteiger partial charge on any atom is -0.314 e. The van der Waals surface area contributed by atoms with Gasteiger partial charge in [-0.3, -0.25) is 4.68 Å². The van der Waals surface area contributed by atoms with Gasteiger partial charge in [-0.1, -0.05) is 19.1 Å². The number of rotatable bonds is 7. The van der Waals surface area contributed by atoms with Crippen LogP contribution in [0, 0.1) is 5.82 Å². The zero-order valence-electron chi connectivity index (χ0n) is 13.0. The van der Waals surface area contributed by atoms with Crippen molar-refractivity contribution in [2.45, 2.75) is 45.7 Å². The average molecular weight is 289 g/mol. The Labute approximate surface area is 126 Å². The smallest absolute Gasteiger partial charge is 0.123 e. The second-order valence-electron chi connectivity index (χ2n) is 5.67. The van der Waals surface area contributed by atoms with Crippen LogP contribution < -0.4 is 5.32 Å². The highest BCUT2D eigenvalue weighted by Crippen LogP contribution is 2.11. The molecule has 114 valence electrons. The van der Waals surface area contributed by atoms with Gasteiger partial charge in [0.1, 0.15) is 5.82 Å². The Balaban J connectivity index is 2.02. The molecule has 0 aliphatic rings. The molecule has 0 aliphatic heterocycles. The van der Waals surface area contributed by atoms with Crippen LogP contribution in [-0.4, -0.2) is 22.4 Å². The molecule has 0 saturated heterocycles. The van der Waals surface area contributed by atoms with Gasteiger partial charge in [0.15, 0.2) is 0 Å². The molecule has 0 amide bonds. The number of halogens is 1. The van der Waals surface area contributed by atoms with Gasteiger partial charge in [-0.2, -0.15) is 5.10 Å². The van der Waals surface area contributed by atoms with E-state index in [1.807, 2.05) is 23.0 Å². The molecule has 1 unspecified atom stereocenters. The van der Waals surface area contributed by atoms with Gasteiger partial charge in [-0.15, -0.1) is 0 Å². The van der Waals surface area contributed by atoms with Gasteiger partial charge in [0.2, 0.25) is 0 Å². The highest BCUT2D eigenvalue weighted by Gasteiger charge is 2.12. The Morgan fingerprint density at radius 2 is 1.86 bits per heavy atom. The number of nitrogens with zero attached hydrogens (tertiary/aromatic N) is 2. The van der Waals surface area contributed by atoms with Crippen LogP contribution in [0.1, 0.15) is 38.1 Å². The van der Waals surface area contributed by atoms with Crippen LogP contribution in [0.25, 0.3) is 0 Å². The third-order valence-corrected chi connectivity index (χ3v) is 3.54. The summed E-state index contributed by atoms with van der Waals surface area (Å²) in [7, 11) is 0. The number of hydrogen-bond donors (Lipinski definition) is 1. The number of likely N-dealkylation sites (N-methyl/N-ethyl adjacent to an activating group) is 1. The van der Waals surface area contributed by atoms with Crippen molar-refractivity contribution in [1.82, 2.24) is 15.1 Å². The van der Waals surface area contributed by atoms with Gasteiger partial charge in [-0.25, -0.2) is 4.39 Å². The van der Waals surface area contributed by atoms with Crippen molar-refractivity contribution in [3.63, 3.8) is 0 Å². The Bertz CT molecular complexity index is 545. The third kappa shape index (κ3) is 4.67. The molecule has 0 aliphatic carbocycles. The molecule has 1 aromatic heterocycles. The Kier molecular flexibility index (Phi) is 5.51. The van der Waals surface area contributed by atoms with E-state index in [4.69, 9.17) is 0 Å². The standard InChI is InChI=1S/C17H24FN3/c1-4-19-17(11-14-5-7-15(18)8-6-14)12-16-9-10-21(20-16)13(2)3/h5-10,13,17,19H,4,11-12H2,1-3H3. The molecular weight excluding hydrogens is 265 g/mol. The summed E-state index contributed by atoms with van der Waals surface area (Å²) in [6.45, 7) is 7.26. The molecule has 0 bridgehead atoms. The van der Waals surface area contributed by atoms with E-state index < -0.39 is 0 Å². The maximum atomic E-state index is 13.0. The molecule has 21 heavy (non-hydrogen) atoms. The monoisotopic (exact) mass is 289 g/mol. The highest BCUT2D eigenvalue weighted by molar-refractivity contribution is 5.18. The molecule has 2 rings (SSSR count). The van der Waals surface area contributed by atoms with Crippen molar-refractivity contribution in [3.05, 3.63) is 53.6 Å². The summed E-state index contributed by atoms with van der Waals surface area (Å²) in [5.41, 5.74) is 2.24. The van der Waals surface area contributed by atoms with E-state index in [1.54, 1.807) is 0 Å². The van der Waals surface area contributed by atoms with E-state index in [0.29, 0.717) is 12.1 Å². The van der Waals surface area contributed by atoms with E-state index in [1.165, 1.54) is 12.1 Å². The van der Waals surface area contributed by atoms with E-state index in [9.17, 15) is 4.39 Å². The highest BCUT2D eigenvalue weighted by atomic mass is 19.1. The quantitative estimate of drug-likeness (QED) is 0.847. The average Bonchev–Trinajstić information content (AvgIpc) is 2.90. The summed E-state index contributed by atoms with van der Waals surface area (Å²) in [6, 6.07) is 9.52. The molecule has 2 aromatic rings. The van der Waals surface area contributed by atoms with Crippen LogP contribution >= 0.6 is 0 Å². The molecule has 1 N–H and O–H groups in total. The molecule has 0 spiro atoms. The molecule has 0 fully saturated rings. The number of benzene rings is 1. The SMILES string of the molecule is CCNC(Cc1ccc(F)cc1)Cc1ccn(C(C)C)n1. The molecule has 0 radical (unpaired) electrons. The van der Waals surface area contributed by atoms with Crippen LogP contribution in [0.15, 0.2) is 36.5 Å². The summed E-state index contributed by atoms with van der Waals surface area (Å²) in [4.78, 5) is 0. The summed E-state index contributed by atoms with van der Waals surface area (Å²) in [6.07, 6.45) is 3.79. The predicted octanol–water partition coefficient (Wildman–Crippen LogP) is 3.37. The summed E-state index contributed by atoms with van der Waals surface area (Å²) < 4.78 is 15.0. The normalized spacial score (nSPS) is 12.8. The maximum Gasteiger partial charge on any atom is 0.123 e. The van der Waals surface area contributed by atoms with Crippen molar-refractivity contribution in [2.24, 2.45) is 0 Å². The minimum absolute atomic E-state index is 0.186. The fourth-order valence-electron chi connectivity index (χ4n) is 2.44. The summed E-state index contributed by atoms with van der Waals surface area (Å²) >= 11 is 0. The van der Waals surface area contributed by atoms with Gasteiger partial charge < -0.3 is 5.32 Å². The lowest BCUT2D eigenvalue weighted by Crippen LogP contribution is -2.33. The number of aromatic nitrogens is 2. The Morgan fingerprint density at radius 3 is 2.43 bits per heavy atom. The van der Waals surface area contributed by atoms with Crippen LogP contribution in [0.2, 0.25) is 0 Å². The molecular formula is C17H24FN3. The van der Waals surface area contributed by atoms with Gasteiger partial charge in [0.05, 0.1) is 5.69 Å². The zero-order valence-corrected chi connectivity index (χ0v) is 13.0. The topological polar surface area (TPSA) is 29.9 Å². The predicted molar refractivity (Wildman–Crippen MR) is 83.9 cm³/mol. The molecule has 4 heteroatoms. The largest absolute Gasteiger partial charge is 0.314 e. The van der Waals surface area contributed by atoms with Crippen molar-refractivity contribution in [2.75, 3.05) is 6.54 Å². The summed E-state index contributed by atoms with van der Waals surface area (Å²) in [5.74, 6) is -0.186. The minimum atomic E-state index is -0.186. The van der Waals surface area contributed by atoms with Crippen LogP contribution in [-0.2, 0) is 12.8 Å². The maximum absolute atomic E-state index is 13.0. The number of hydrogen-bond acceptors (Lipinski definition) is 2. The lowest BCUT2D eigenvalue weighted by Gasteiger charge is -2.17. The van der Waals surface area contributed by atoms with E-state index in [0.717, 1.165) is 30.6 Å². The van der Waals surface area contributed by atoms with E-state index >= 15 is 0 Å². The Hall–Kier alpha value is -1.68. The van der Waals surface area contributed by atoms with Crippen molar-refractivity contribution in [3.8, 4) is 0 Å². The lowest BCUT2D eigenvalue weighted by atomic mass is 10.0. The molecule has 1 atom stereocenters. The fourth-order valence-corrected chi connectivity index (χ4v) is 2.44. The first-order valence-corrected chi connectivity index (χ1v) is 7.60. The number of nitrogens with one attached hydrogen (secondary N) is 1. The third-order valence-electron chi connectivity index (χ3n) is 3.54. The first-order chi connectivity index (χ1) is 10.1. The zero-order chi connectivity index (χ0) is 15.2. The van der Waals surface area contributed by atoms with E-state index in [2.05, 4.69) is 37.3 Å². The van der Waals surface area contributed by atoms with Crippen LogP contribution in [0.4, 0.5) is 4.39 Å². The molecule has 1 heterocycles. The molecule has 1 aromatic carbocycles. The van der Waals surface area contributed by atoms with Crippen molar-refractivity contribution >= 4 is 0 Å². The first-order valence-electron chi connectivity index (χ1n) is 7.60. The Morgan fingerprint density at radius 1 is 1.14 bits per heavy atom. The van der Waals surface area contributed by atoms with E-state index in [-0.39, 0.29) is 5.82 Å². The molecule has 0 saturated carbocycles. The van der Waals surface area contributed by atoms with Gasteiger partial charge >= 0.3 is 0 Å². The first kappa shape index (κ1) is 15.7. The van der Waals surface area contributed by atoms with Gasteiger partial charge in [0, 0.05) is 24.7 Å². The van der Waals surface area contributed by atoms with Gasteiger partial charge in [0.25, 0.3) is 0 Å².